The number of rotatable bonds is 7. The summed E-state index contributed by atoms with van der Waals surface area (Å²) in [5, 5.41) is 19.3. The van der Waals surface area contributed by atoms with Gasteiger partial charge in [0.05, 0.1) is 11.0 Å². The number of hydrogen-bond acceptors (Lipinski definition) is 4. The molecule has 0 aliphatic heterocycles. The van der Waals surface area contributed by atoms with E-state index in [1.807, 2.05) is 0 Å². The lowest BCUT2D eigenvalue weighted by Crippen LogP contribution is -2.13. The number of benzene rings is 1. The average Bonchev–Trinajstić information content (AvgIpc) is 2.28. The van der Waals surface area contributed by atoms with Crippen molar-refractivity contribution in [3.63, 3.8) is 0 Å². The van der Waals surface area contributed by atoms with Crippen LogP contribution in [0.5, 0.6) is 5.75 Å². The molecule has 0 aliphatic rings. The molecule has 98 valence electrons. The smallest absolute Gasteiger partial charge is 0.310 e. The van der Waals surface area contributed by atoms with Gasteiger partial charge in [-0.2, -0.15) is 0 Å². The van der Waals surface area contributed by atoms with Gasteiger partial charge in [-0.1, -0.05) is 12.1 Å². The summed E-state index contributed by atoms with van der Waals surface area (Å²) in [4.78, 5) is 20.6. The van der Waals surface area contributed by atoms with E-state index in [0.717, 1.165) is 0 Å². The van der Waals surface area contributed by atoms with Gasteiger partial charge >= 0.3 is 11.7 Å². The molecule has 1 unspecified atom stereocenters. The lowest BCUT2D eigenvalue weighted by molar-refractivity contribution is -0.386. The van der Waals surface area contributed by atoms with Gasteiger partial charge in [-0.3, -0.25) is 14.9 Å². The minimum Gasteiger partial charge on any atom is -0.484 e. The molecule has 1 N–H and O–H groups in total. The summed E-state index contributed by atoms with van der Waals surface area (Å²) in [6, 6.07) is 6.14. The van der Waals surface area contributed by atoms with E-state index in [9.17, 15) is 14.9 Å². The number of carboxylic acids is 1. The molecule has 0 fully saturated rings. The minimum atomic E-state index is -0.854. The van der Waals surface area contributed by atoms with Crippen LogP contribution in [0.1, 0.15) is 26.2 Å². The number of ether oxygens (including phenoxy) is 1. The molecule has 0 aliphatic carbocycles. The fraction of sp³-hybridized carbons (Fsp3) is 0.417. The van der Waals surface area contributed by atoms with Crippen LogP contribution in [0.4, 0.5) is 5.69 Å². The first-order valence-electron chi connectivity index (χ1n) is 5.62. The van der Waals surface area contributed by atoms with E-state index >= 15 is 0 Å². The first-order chi connectivity index (χ1) is 8.50. The highest BCUT2D eigenvalue weighted by atomic mass is 16.6. The Bertz CT molecular complexity index is 432. The van der Waals surface area contributed by atoms with Crippen molar-refractivity contribution >= 4 is 11.7 Å². The fourth-order valence-electron chi connectivity index (χ4n) is 1.52. The zero-order chi connectivity index (χ0) is 13.5. The van der Waals surface area contributed by atoms with Gasteiger partial charge in [-0.05, 0) is 25.8 Å². The molecule has 1 atom stereocenters. The van der Waals surface area contributed by atoms with E-state index in [2.05, 4.69) is 0 Å². The lowest BCUT2D eigenvalue weighted by atomic mass is 10.2. The van der Waals surface area contributed by atoms with Crippen LogP contribution < -0.4 is 4.74 Å². The first kappa shape index (κ1) is 14.0. The highest BCUT2D eigenvalue weighted by Crippen LogP contribution is 2.27. The Kier molecular flexibility index (Phi) is 5.10. The van der Waals surface area contributed by atoms with Gasteiger partial charge in [0.15, 0.2) is 5.75 Å². The summed E-state index contributed by atoms with van der Waals surface area (Å²) in [6.07, 6.45) is 0.838. The molecule has 0 spiro atoms. The maximum atomic E-state index is 10.8. The lowest BCUT2D eigenvalue weighted by Gasteiger charge is -2.13. The third-order valence-electron chi connectivity index (χ3n) is 2.39. The number of nitrogens with zero attached hydrogens (tertiary/aromatic N) is 1. The number of para-hydroxylation sites is 2. The van der Waals surface area contributed by atoms with E-state index in [-0.39, 0.29) is 24.0 Å². The van der Waals surface area contributed by atoms with E-state index in [4.69, 9.17) is 9.84 Å². The van der Waals surface area contributed by atoms with Crippen molar-refractivity contribution in [3.8, 4) is 5.75 Å². The molecule has 18 heavy (non-hydrogen) atoms. The summed E-state index contributed by atoms with van der Waals surface area (Å²) in [5.41, 5.74) is -0.0809. The highest BCUT2D eigenvalue weighted by molar-refractivity contribution is 5.66. The van der Waals surface area contributed by atoms with Crippen LogP contribution in [-0.4, -0.2) is 22.1 Å². The van der Waals surface area contributed by atoms with Gasteiger partial charge in [-0.15, -0.1) is 0 Å². The number of nitro benzene ring substituents is 1. The molecule has 6 nitrogen and oxygen atoms in total. The zero-order valence-corrected chi connectivity index (χ0v) is 10.0. The van der Waals surface area contributed by atoms with Crippen LogP contribution in [0.25, 0.3) is 0 Å². The third-order valence-corrected chi connectivity index (χ3v) is 2.39. The summed E-state index contributed by atoms with van der Waals surface area (Å²) in [7, 11) is 0. The van der Waals surface area contributed by atoms with Crippen LogP contribution >= 0.6 is 0 Å². The van der Waals surface area contributed by atoms with Crippen LogP contribution in [0.3, 0.4) is 0 Å². The minimum absolute atomic E-state index is 0.0740. The van der Waals surface area contributed by atoms with Crippen molar-refractivity contribution in [2.75, 3.05) is 0 Å². The molecule has 0 saturated carbocycles. The Hall–Kier alpha value is -2.11. The summed E-state index contributed by atoms with van der Waals surface area (Å²) in [5.74, 6) is -0.641. The molecular weight excluding hydrogens is 238 g/mol. The van der Waals surface area contributed by atoms with Crippen LogP contribution in [0, 0.1) is 10.1 Å². The molecule has 1 aromatic carbocycles. The third kappa shape index (κ3) is 4.40. The van der Waals surface area contributed by atoms with Crippen molar-refractivity contribution in [2.24, 2.45) is 0 Å². The Morgan fingerprint density at radius 3 is 2.78 bits per heavy atom. The quantitative estimate of drug-likeness (QED) is 0.595. The predicted octanol–water partition coefficient (Wildman–Crippen LogP) is 2.62. The molecule has 0 aromatic heterocycles. The van der Waals surface area contributed by atoms with Gasteiger partial charge in [0, 0.05) is 12.5 Å². The van der Waals surface area contributed by atoms with Crippen molar-refractivity contribution < 1.29 is 19.6 Å². The van der Waals surface area contributed by atoms with E-state index in [1.165, 1.54) is 12.1 Å². The molecule has 0 saturated heterocycles. The maximum absolute atomic E-state index is 10.8. The SMILES string of the molecule is CC(CCCC(=O)O)Oc1ccccc1[N+](=O)[O-]. The topological polar surface area (TPSA) is 89.7 Å². The Morgan fingerprint density at radius 2 is 2.17 bits per heavy atom. The Labute approximate surface area is 104 Å². The highest BCUT2D eigenvalue weighted by Gasteiger charge is 2.16. The van der Waals surface area contributed by atoms with E-state index < -0.39 is 10.9 Å². The van der Waals surface area contributed by atoms with Crippen LogP contribution in [-0.2, 0) is 4.79 Å². The van der Waals surface area contributed by atoms with Crippen molar-refractivity contribution in [1.82, 2.24) is 0 Å². The summed E-state index contributed by atoms with van der Waals surface area (Å²) >= 11 is 0. The molecule has 0 heterocycles. The second kappa shape index (κ2) is 6.58. The van der Waals surface area contributed by atoms with E-state index in [0.29, 0.717) is 12.8 Å². The monoisotopic (exact) mass is 253 g/mol. The van der Waals surface area contributed by atoms with Crippen LogP contribution in [0.15, 0.2) is 24.3 Å². The van der Waals surface area contributed by atoms with Crippen molar-refractivity contribution in [2.45, 2.75) is 32.3 Å². The Balaban J connectivity index is 2.56. The summed E-state index contributed by atoms with van der Waals surface area (Å²) < 4.78 is 5.45. The maximum Gasteiger partial charge on any atom is 0.310 e. The fourth-order valence-corrected chi connectivity index (χ4v) is 1.52. The van der Waals surface area contributed by atoms with Crippen LogP contribution in [0.2, 0.25) is 0 Å². The molecule has 1 aromatic rings. The molecule has 0 radical (unpaired) electrons. The second-order valence-electron chi connectivity index (χ2n) is 3.94. The van der Waals surface area contributed by atoms with Gasteiger partial charge < -0.3 is 9.84 Å². The predicted molar refractivity (Wildman–Crippen MR) is 64.7 cm³/mol. The average molecular weight is 253 g/mol. The first-order valence-corrected chi connectivity index (χ1v) is 5.62. The molecule has 6 heteroatoms. The molecule has 0 bridgehead atoms. The summed E-state index contributed by atoms with van der Waals surface area (Å²) in [6.45, 7) is 1.76. The zero-order valence-electron chi connectivity index (χ0n) is 10.0. The van der Waals surface area contributed by atoms with Gasteiger partial charge in [0.1, 0.15) is 0 Å². The molecule has 0 amide bonds. The van der Waals surface area contributed by atoms with Gasteiger partial charge in [-0.25, -0.2) is 0 Å². The number of carbonyl (C=O) groups is 1. The van der Waals surface area contributed by atoms with Crippen molar-refractivity contribution in [1.29, 1.82) is 0 Å². The number of nitro groups is 1. The number of hydrogen-bond donors (Lipinski definition) is 1. The standard InChI is InChI=1S/C12H15NO5/c1-9(5-4-8-12(14)15)18-11-7-3-2-6-10(11)13(16)17/h2-3,6-7,9H,4-5,8H2,1H3,(H,14,15). The largest absolute Gasteiger partial charge is 0.484 e. The Morgan fingerprint density at radius 1 is 1.50 bits per heavy atom. The van der Waals surface area contributed by atoms with Crippen molar-refractivity contribution in [3.05, 3.63) is 34.4 Å². The number of aliphatic carboxylic acids is 1. The normalized spacial score (nSPS) is 11.8. The second-order valence-corrected chi connectivity index (χ2v) is 3.94. The van der Waals surface area contributed by atoms with Gasteiger partial charge in [0.25, 0.3) is 0 Å². The number of carboxylic acid groups (broad SMARTS) is 1. The van der Waals surface area contributed by atoms with Gasteiger partial charge in [0.2, 0.25) is 0 Å². The molecular formula is C12H15NO5. The van der Waals surface area contributed by atoms with E-state index in [1.54, 1.807) is 19.1 Å². The molecule has 1 rings (SSSR count).